The molecule has 0 unspecified atom stereocenters. The van der Waals surface area contributed by atoms with Crippen molar-refractivity contribution >= 4 is 32.7 Å². The van der Waals surface area contributed by atoms with E-state index in [1.807, 2.05) is 6.07 Å². The van der Waals surface area contributed by atoms with Crippen molar-refractivity contribution in [3.63, 3.8) is 0 Å². The number of benzene rings is 2. The van der Waals surface area contributed by atoms with E-state index in [1.54, 1.807) is 31.3 Å². The smallest absolute Gasteiger partial charge is 0.408 e. The minimum atomic E-state index is -3.92. The number of para-hydroxylation sites is 1. The quantitative estimate of drug-likeness (QED) is 0.741. The number of hydrogen-bond acceptors (Lipinski definition) is 5. The number of nitrogens with zero attached hydrogens (tertiary/aromatic N) is 2. The van der Waals surface area contributed by atoms with Gasteiger partial charge in [-0.2, -0.15) is 0 Å². The van der Waals surface area contributed by atoms with Gasteiger partial charge in [0.2, 0.25) is 15.9 Å². The molecule has 3 rings (SSSR count). The highest BCUT2D eigenvalue weighted by atomic mass is 32.2. The van der Waals surface area contributed by atoms with E-state index in [0.717, 1.165) is 10.6 Å². The van der Waals surface area contributed by atoms with Crippen LogP contribution in [0.5, 0.6) is 0 Å². The number of fused-ring (bicyclic) bond motifs is 1. The number of nitrogens with two attached hydrogens (primary N) is 1. The number of oxazole rings is 1. The van der Waals surface area contributed by atoms with E-state index < -0.39 is 15.8 Å². The fraction of sp³-hybridized carbons (Fsp3) is 0.125. The maximum absolute atomic E-state index is 12.4. The highest BCUT2D eigenvalue weighted by Crippen LogP contribution is 2.18. The van der Waals surface area contributed by atoms with Crippen LogP contribution in [0, 0.1) is 0 Å². The van der Waals surface area contributed by atoms with Crippen molar-refractivity contribution < 1.29 is 17.6 Å². The molecule has 9 heteroatoms. The zero-order chi connectivity index (χ0) is 18.2. The molecule has 1 aromatic heterocycles. The molecule has 8 nitrogen and oxygen atoms in total. The van der Waals surface area contributed by atoms with Gasteiger partial charge < -0.3 is 9.32 Å². The Labute approximate surface area is 143 Å². The predicted octanol–water partition coefficient (Wildman–Crippen LogP) is 0.905. The normalized spacial score (nSPS) is 11.6. The SMILES string of the molecule is CN(C(=O)Cn1c(=O)oc2cc(S(N)(=O)=O)ccc21)c1ccccc1. The number of amides is 1. The highest BCUT2D eigenvalue weighted by molar-refractivity contribution is 7.89. The summed E-state index contributed by atoms with van der Waals surface area (Å²) in [6.45, 7) is -0.244. The van der Waals surface area contributed by atoms with Gasteiger partial charge in [0.15, 0.2) is 5.58 Å². The molecule has 2 aromatic carbocycles. The van der Waals surface area contributed by atoms with Crippen LogP contribution in [-0.2, 0) is 21.4 Å². The van der Waals surface area contributed by atoms with Gasteiger partial charge in [-0.15, -0.1) is 0 Å². The number of anilines is 1. The number of sulfonamides is 1. The number of carbonyl (C=O) groups is 1. The second-order valence-electron chi connectivity index (χ2n) is 5.42. The van der Waals surface area contributed by atoms with Crippen molar-refractivity contribution in [1.29, 1.82) is 0 Å². The number of carbonyl (C=O) groups excluding carboxylic acids is 1. The minimum Gasteiger partial charge on any atom is -0.408 e. The average Bonchev–Trinajstić information content (AvgIpc) is 2.89. The van der Waals surface area contributed by atoms with Crippen molar-refractivity contribution in [2.45, 2.75) is 11.4 Å². The second-order valence-corrected chi connectivity index (χ2v) is 6.98. The molecule has 0 aliphatic carbocycles. The Bertz CT molecular complexity index is 1100. The van der Waals surface area contributed by atoms with Gasteiger partial charge >= 0.3 is 5.76 Å². The molecule has 0 atom stereocenters. The molecule has 25 heavy (non-hydrogen) atoms. The third-order valence-electron chi connectivity index (χ3n) is 3.78. The lowest BCUT2D eigenvalue weighted by Gasteiger charge is -2.17. The summed E-state index contributed by atoms with van der Waals surface area (Å²) in [5.74, 6) is -1.08. The van der Waals surface area contributed by atoms with Crippen molar-refractivity contribution in [2.75, 3.05) is 11.9 Å². The molecule has 0 bridgehead atoms. The first kappa shape index (κ1) is 16.9. The van der Waals surface area contributed by atoms with Crippen molar-refractivity contribution in [3.05, 3.63) is 59.1 Å². The molecule has 0 aliphatic rings. The lowest BCUT2D eigenvalue weighted by Crippen LogP contribution is -2.32. The first-order chi connectivity index (χ1) is 11.8. The first-order valence-corrected chi connectivity index (χ1v) is 8.80. The van der Waals surface area contributed by atoms with E-state index in [4.69, 9.17) is 9.56 Å². The topological polar surface area (TPSA) is 116 Å². The molecule has 130 valence electrons. The summed E-state index contributed by atoms with van der Waals surface area (Å²) in [6.07, 6.45) is 0. The first-order valence-electron chi connectivity index (χ1n) is 7.25. The lowest BCUT2D eigenvalue weighted by molar-refractivity contribution is -0.118. The zero-order valence-corrected chi connectivity index (χ0v) is 14.1. The number of rotatable bonds is 4. The molecule has 2 N–H and O–H groups in total. The van der Waals surface area contributed by atoms with Crippen LogP contribution < -0.4 is 15.8 Å². The molecular weight excluding hydrogens is 346 g/mol. The minimum absolute atomic E-state index is 0.0479. The van der Waals surface area contributed by atoms with Crippen LogP contribution in [0.4, 0.5) is 5.69 Å². The molecule has 0 fully saturated rings. The van der Waals surface area contributed by atoms with E-state index in [2.05, 4.69) is 0 Å². The Morgan fingerprint density at radius 1 is 1.20 bits per heavy atom. The maximum Gasteiger partial charge on any atom is 0.420 e. The molecular formula is C16H15N3O5S. The Kier molecular flexibility index (Phi) is 4.19. The van der Waals surface area contributed by atoms with Crippen LogP contribution >= 0.6 is 0 Å². The summed E-state index contributed by atoms with van der Waals surface area (Å²) in [5.41, 5.74) is 1.05. The van der Waals surface area contributed by atoms with Gasteiger partial charge in [0.1, 0.15) is 6.54 Å². The molecule has 1 heterocycles. The van der Waals surface area contributed by atoms with Crippen molar-refractivity contribution in [1.82, 2.24) is 4.57 Å². The average molecular weight is 361 g/mol. The van der Waals surface area contributed by atoms with E-state index in [0.29, 0.717) is 11.2 Å². The van der Waals surface area contributed by atoms with Crippen LogP contribution in [0.3, 0.4) is 0 Å². The third-order valence-corrected chi connectivity index (χ3v) is 4.69. The van der Waals surface area contributed by atoms with Gasteiger partial charge in [-0.1, -0.05) is 18.2 Å². The van der Waals surface area contributed by atoms with Crippen LogP contribution in [0.25, 0.3) is 11.1 Å². The number of primary sulfonamides is 1. The van der Waals surface area contributed by atoms with E-state index in [9.17, 15) is 18.0 Å². The van der Waals surface area contributed by atoms with Crippen LogP contribution in [0.1, 0.15) is 0 Å². The van der Waals surface area contributed by atoms with Crippen molar-refractivity contribution in [3.8, 4) is 0 Å². The number of hydrogen-bond donors (Lipinski definition) is 1. The third kappa shape index (κ3) is 3.32. The second kappa shape index (κ2) is 6.19. The molecule has 3 aromatic rings. The van der Waals surface area contributed by atoms with Crippen LogP contribution in [-0.4, -0.2) is 25.9 Å². The standard InChI is InChI=1S/C16H15N3O5S/c1-18(11-5-3-2-4-6-11)15(20)10-19-13-8-7-12(25(17,22)23)9-14(13)24-16(19)21/h2-9H,10H2,1H3,(H2,17,22,23). The van der Waals surface area contributed by atoms with Gasteiger partial charge in [0.25, 0.3) is 0 Å². The summed E-state index contributed by atoms with van der Waals surface area (Å²) in [4.78, 5) is 25.7. The molecule has 0 spiro atoms. The van der Waals surface area contributed by atoms with Gasteiger partial charge in [0, 0.05) is 18.8 Å². The fourth-order valence-electron chi connectivity index (χ4n) is 2.41. The predicted molar refractivity (Wildman–Crippen MR) is 91.7 cm³/mol. The maximum atomic E-state index is 12.4. The Balaban J connectivity index is 1.95. The largest absolute Gasteiger partial charge is 0.420 e. The summed E-state index contributed by atoms with van der Waals surface area (Å²) >= 11 is 0. The zero-order valence-electron chi connectivity index (χ0n) is 13.2. The van der Waals surface area contributed by atoms with Gasteiger partial charge in [0.05, 0.1) is 10.4 Å². The van der Waals surface area contributed by atoms with Gasteiger partial charge in [-0.25, -0.2) is 18.4 Å². The molecule has 0 aliphatic heterocycles. The monoisotopic (exact) mass is 361 g/mol. The summed E-state index contributed by atoms with van der Waals surface area (Å²) in [6, 6.07) is 12.8. The lowest BCUT2D eigenvalue weighted by atomic mass is 10.3. The highest BCUT2D eigenvalue weighted by Gasteiger charge is 2.18. The van der Waals surface area contributed by atoms with Gasteiger partial charge in [-0.05, 0) is 24.3 Å². The Hall–Kier alpha value is -2.91. The van der Waals surface area contributed by atoms with E-state index >= 15 is 0 Å². The van der Waals surface area contributed by atoms with Crippen molar-refractivity contribution in [2.24, 2.45) is 5.14 Å². The van der Waals surface area contributed by atoms with Crippen LogP contribution in [0.2, 0.25) is 0 Å². The summed E-state index contributed by atoms with van der Waals surface area (Å²) in [7, 11) is -2.32. The van der Waals surface area contributed by atoms with Gasteiger partial charge in [-0.3, -0.25) is 9.36 Å². The Morgan fingerprint density at radius 2 is 1.88 bits per heavy atom. The number of likely N-dealkylation sites (N-methyl/N-ethyl adjacent to an activating group) is 1. The fourth-order valence-corrected chi connectivity index (χ4v) is 2.94. The molecule has 0 radical (unpaired) electrons. The van der Waals surface area contributed by atoms with E-state index in [1.165, 1.54) is 17.0 Å². The molecule has 0 saturated heterocycles. The van der Waals surface area contributed by atoms with E-state index in [-0.39, 0.29) is 22.9 Å². The summed E-state index contributed by atoms with van der Waals surface area (Å²) < 4.78 is 28.9. The molecule has 0 saturated carbocycles. The summed E-state index contributed by atoms with van der Waals surface area (Å²) in [5, 5.41) is 5.06. The molecule has 1 amide bonds. The van der Waals surface area contributed by atoms with Crippen LogP contribution in [0.15, 0.2) is 62.6 Å². The number of aromatic nitrogens is 1. The Morgan fingerprint density at radius 3 is 2.52 bits per heavy atom.